The van der Waals surface area contributed by atoms with E-state index in [1.807, 2.05) is 31.3 Å². The van der Waals surface area contributed by atoms with Gasteiger partial charge in [0.05, 0.1) is 5.71 Å². The molecule has 1 aliphatic rings. The number of aryl methyl sites for hydroxylation is 2. The summed E-state index contributed by atoms with van der Waals surface area (Å²) in [4.78, 5) is 15.7. The quantitative estimate of drug-likeness (QED) is 0.363. The van der Waals surface area contributed by atoms with Gasteiger partial charge >= 0.3 is 0 Å². The maximum absolute atomic E-state index is 12.5. The number of nitrogens with zero attached hydrogens (tertiary/aromatic N) is 2. The van der Waals surface area contributed by atoms with Gasteiger partial charge < -0.3 is 9.55 Å². The summed E-state index contributed by atoms with van der Waals surface area (Å²) in [6, 6.07) is 16.7. The highest BCUT2D eigenvalue weighted by Gasteiger charge is 2.19. The number of hydrogen-bond acceptors (Lipinski definition) is 2. The second kappa shape index (κ2) is 7.82. The Bertz CT molecular complexity index is 1260. The Morgan fingerprint density at radius 3 is 2.93 bits per heavy atom. The third-order valence-electron chi connectivity index (χ3n) is 6.17. The molecule has 2 aromatic carbocycles. The number of carbonyl (C=O) groups excluding carboxylic acids is 1. The van der Waals surface area contributed by atoms with Crippen LogP contribution in [0.4, 0.5) is 0 Å². The standard InChI is InChI=1S/C25H26N4O/c1-17(18-10-11-22-19(16-18)12-14-26-22)27-28-25(30)13-15-29-23-8-4-2-6-20(23)21-7-3-5-9-24(21)29/h2,4,6,8,10-12,14,16,26H,3,5,7,9,13,15H2,1H3,(H,28,30). The zero-order chi connectivity index (χ0) is 20.5. The minimum absolute atomic E-state index is 0.0561. The van der Waals surface area contributed by atoms with Crippen LogP contribution in [0.5, 0.6) is 0 Å². The van der Waals surface area contributed by atoms with E-state index in [1.165, 1.54) is 35.0 Å². The summed E-state index contributed by atoms with van der Waals surface area (Å²) in [6.07, 6.45) is 7.06. The molecule has 0 bridgehead atoms. The Labute approximate surface area is 175 Å². The van der Waals surface area contributed by atoms with Gasteiger partial charge in [-0.15, -0.1) is 0 Å². The molecular formula is C25H26N4O. The van der Waals surface area contributed by atoms with E-state index in [2.05, 4.69) is 50.4 Å². The fourth-order valence-electron chi connectivity index (χ4n) is 4.60. The third-order valence-corrected chi connectivity index (χ3v) is 6.17. The van der Waals surface area contributed by atoms with E-state index < -0.39 is 0 Å². The van der Waals surface area contributed by atoms with Crippen LogP contribution in [0.2, 0.25) is 0 Å². The maximum atomic E-state index is 12.5. The molecule has 0 radical (unpaired) electrons. The Kier molecular flexibility index (Phi) is 4.87. The summed E-state index contributed by atoms with van der Waals surface area (Å²) in [5.74, 6) is -0.0561. The first kappa shape index (κ1) is 18.7. The highest BCUT2D eigenvalue weighted by Crippen LogP contribution is 2.32. The first-order chi connectivity index (χ1) is 14.7. The van der Waals surface area contributed by atoms with Gasteiger partial charge in [0.25, 0.3) is 0 Å². The van der Waals surface area contributed by atoms with Gasteiger partial charge in [0, 0.05) is 46.7 Å². The number of aromatic nitrogens is 2. The molecule has 0 fully saturated rings. The van der Waals surface area contributed by atoms with Crippen LogP contribution in [0, 0.1) is 0 Å². The van der Waals surface area contributed by atoms with Gasteiger partial charge in [-0.1, -0.05) is 24.3 Å². The summed E-state index contributed by atoms with van der Waals surface area (Å²) in [5.41, 5.74) is 9.78. The van der Waals surface area contributed by atoms with Crippen molar-refractivity contribution in [1.29, 1.82) is 0 Å². The molecule has 0 atom stereocenters. The molecule has 0 aliphatic heterocycles. The fraction of sp³-hybridized carbons (Fsp3) is 0.280. The predicted molar refractivity (Wildman–Crippen MR) is 122 cm³/mol. The fourth-order valence-corrected chi connectivity index (χ4v) is 4.60. The van der Waals surface area contributed by atoms with E-state index in [4.69, 9.17) is 0 Å². The summed E-state index contributed by atoms with van der Waals surface area (Å²) < 4.78 is 2.35. The molecule has 5 nitrogen and oxygen atoms in total. The van der Waals surface area contributed by atoms with Crippen molar-refractivity contribution in [2.24, 2.45) is 5.10 Å². The van der Waals surface area contributed by atoms with Gasteiger partial charge in [-0.25, -0.2) is 5.43 Å². The Balaban J connectivity index is 1.29. The summed E-state index contributed by atoms with van der Waals surface area (Å²) in [5, 5.41) is 6.82. The zero-order valence-corrected chi connectivity index (χ0v) is 17.2. The van der Waals surface area contributed by atoms with E-state index in [0.717, 1.165) is 35.0 Å². The average molecular weight is 399 g/mol. The van der Waals surface area contributed by atoms with Crippen LogP contribution in [-0.4, -0.2) is 21.2 Å². The van der Waals surface area contributed by atoms with Gasteiger partial charge in [-0.3, -0.25) is 4.79 Å². The number of benzene rings is 2. The van der Waals surface area contributed by atoms with Gasteiger partial charge in [0.2, 0.25) is 5.91 Å². The van der Waals surface area contributed by atoms with E-state index in [9.17, 15) is 4.79 Å². The SMILES string of the molecule is CC(=NNC(=O)CCn1c2c(c3ccccc31)CCCC2)c1ccc2[nH]ccc2c1. The lowest BCUT2D eigenvalue weighted by Crippen LogP contribution is -2.21. The number of amides is 1. The van der Waals surface area contributed by atoms with E-state index in [-0.39, 0.29) is 5.91 Å². The summed E-state index contributed by atoms with van der Waals surface area (Å²) in [7, 11) is 0. The molecular weight excluding hydrogens is 372 g/mol. The predicted octanol–water partition coefficient (Wildman–Crippen LogP) is 4.93. The highest BCUT2D eigenvalue weighted by atomic mass is 16.2. The number of carbonyl (C=O) groups is 1. The molecule has 1 aliphatic carbocycles. The molecule has 5 rings (SSSR count). The third kappa shape index (κ3) is 3.41. The molecule has 5 heteroatoms. The molecule has 2 aromatic heterocycles. The molecule has 0 unspecified atom stereocenters. The van der Waals surface area contributed by atoms with Crippen LogP contribution in [0.1, 0.15) is 43.0 Å². The lowest BCUT2D eigenvalue weighted by Gasteiger charge is -2.15. The van der Waals surface area contributed by atoms with Crippen LogP contribution in [0.25, 0.3) is 21.8 Å². The minimum Gasteiger partial charge on any atom is -0.361 e. The first-order valence-electron chi connectivity index (χ1n) is 10.7. The zero-order valence-electron chi connectivity index (χ0n) is 17.2. The maximum Gasteiger partial charge on any atom is 0.241 e. The van der Waals surface area contributed by atoms with Crippen molar-refractivity contribution >= 4 is 33.4 Å². The van der Waals surface area contributed by atoms with Crippen LogP contribution in [0.15, 0.2) is 59.8 Å². The van der Waals surface area contributed by atoms with Crippen molar-refractivity contribution in [3.63, 3.8) is 0 Å². The van der Waals surface area contributed by atoms with Crippen LogP contribution in [-0.2, 0) is 24.2 Å². The lowest BCUT2D eigenvalue weighted by atomic mass is 9.95. The number of hydrazone groups is 1. The molecule has 152 valence electrons. The molecule has 1 amide bonds. The largest absolute Gasteiger partial charge is 0.361 e. The number of aromatic amines is 1. The van der Waals surface area contributed by atoms with E-state index in [0.29, 0.717) is 13.0 Å². The summed E-state index contributed by atoms with van der Waals surface area (Å²) in [6.45, 7) is 2.61. The molecule has 2 N–H and O–H groups in total. The Morgan fingerprint density at radius 2 is 2.00 bits per heavy atom. The lowest BCUT2D eigenvalue weighted by molar-refractivity contribution is -0.121. The van der Waals surface area contributed by atoms with Crippen molar-refractivity contribution in [2.45, 2.75) is 45.6 Å². The van der Waals surface area contributed by atoms with Gasteiger partial charge in [-0.05, 0) is 68.0 Å². The number of nitrogens with one attached hydrogen (secondary N) is 2. The number of H-pyrrole nitrogens is 1. The van der Waals surface area contributed by atoms with Crippen molar-refractivity contribution in [3.8, 4) is 0 Å². The topological polar surface area (TPSA) is 62.2 Å². The number of hydrogen-bond donors (Lipinski definition) is 2. The van der Waals surface area contributed by atoms with Crippen LogP contribution >= 0.6 is 0 Å². The van der Waals surface area contributed by atoms with Crippen molar-refractivity contribution in [1.82, 2.24) is 15.0 Å². The Morgan fingerprint density at radius 1 is 1.13 bits per heavy atom. The summed E-state index contributed by atoms with van der Waals surface area (Å²) >= 11 is 0. The van der Waals surface area contributed by atoms with Crippen molar-refractivity contribution < 1.29 is 4.79 Å². The molecule has 0 spiro atoms. The Hall–Kier alpha value is -3.34. The van der Waals surface area contributed by atoms with Crippen molar-refractivity contribution in [2.75, 3.05) is 0 Å². The number of fused-ring (bicyclic) bond motifs is 4. The van der Waals surface area contributed by atoms with Crippen LogP contribution < -0.4 is 5.43 Å². The minimum atomic E-state index is -0.0561. The molecule has 30 heavy (non-hydrogen) atoms. The second-order valence-electron chi connectivity index (χ2n) is 8.06. The van der Waals surface area contributed by atoms with Gasteiger partial charge in [0.1, 0.15) is 0 Å². The van der Waals surface area contributed by atoms with E-state index >= 15 is 0 Å². The monoisotopic (exact) mass is 398 g/mol. The molecule has 0 saturated carbocycles. The normalized spacial score (nSPS) is 14.2. The second-order valence-corrected chi connectivity index (χ2v) is 8.06. The smallest absolute Gasteiger partial charge is 0.241 e. The first-order valence-corrected chi connectivity index (χ1v) is 10.7. The number of para-hydroxylation sites is 1. The van der Waals surface area contributed by atoms with Crippen molar-refractivity contribution in [3.05, 3.63) is 71.5 Å². The highest BCUT2D eigenvalue weighted by molar-refractivity contribution is 6.02. The number of rotatable bonds is 5. The molecule has 2 heterocycles. The average Bonchev–Trinajstić information content (AvgIpc) is 3.38. The van der Waals surface area contributed by atoms with Gasteiger partial charge in [0.15, 0.2) is 0 Å². The molecule has 0 saturated heterocycles. The molecule has 4 aromatic rings. The van der Waals surface area contributed by atoms with Crippen LogP contribution in [0.3, 0.4) is 0 Å². The van der Waals surface area contributed by atoms with Gasteiger partial charge in [-0.2, -0.15) is 5.10 Å². The van der Waals surface area contributed by atoms with E-state index in [1.54, 1.807) is 0 Å².